The van der Waals surface area contributed by atoms with Crippen molar-refractivity contribution in [2.75, 3.05) is 6.54 Å². The second-order valence-electron chi connectivity index (χ2n) is 3.71. The van der Waals surface area contributed by atoms with E-state index in [4.69, 9.17) is 10.2 Å². The summed E-state index contributed by atoms with van der Waals surface area (Å²) < 4.78 is 0. The van der Waals surface area contributed by atoms with Crippen molar-refractivity contribution < 1.29 is 19.8 Å². The number of carboxylic acid groups (broad SMARTS) is 1. The van der Waals surface area contributed by atoms with Crippen molar-refractivity contribution in [1.82, 2.24) is 10.6 Å². The summed E-state index contributed by atoms with van der Waals surface area (Å²) in [6, 6.07) is -1.56. The predicted octanol–water partition coefficient (Wildman–Crippen LogP) is -1.31. The number of aliphatic hydroxyl groups is 1. The van der Waals surface area contributed by atoms with Gasteiger partial charge in [-0.05, 0) is 26.3 Å². The van der Waals surface area contributed by atoms with E-state index in [1.54, 1.807) is 0 Å². The monoisotopic (exact) mass is 216 g/mol. The van der Waals surface area contributed by atoms with E-state index in [0.29, 0.717) is 6.42 Å². The average Bonchev–Trinajstić information content (AvgIpc) is 2.65. The molecule has 0 unspecified atom stereocenters. The molecule has 0 bridgehead atoms. The van der Waals surface area contributed by atoms with Crippen molar-refractivity contribution in [1.29, 1.82) is 0 Å². The second-order valence-corrected chi connectivity index (χ2v) is 3.71. The average molecular weight is 216 g/mol. The van der Waals surface area contributed by atoms with E-state index in [1.807, 2.05) is 0 Å². The summed E-state index contributed by atoms with van der Waals surface area (Å²) >= 11 is 0. The lowest BCUT2D eigenvalue weighted by molar-refractivity contribution is -0.145. The molecule has 3 atom stereocenters. The number of carboxylic acids is 1. The highest BCUT2D eigenvalue weighted by molar-refractivity contribution is 5.87. The summed E-state index contributed by atoms with van der Waals surface area (Å²) in [6.07, 6.45) is 0.510. The lowest BCUT2D eigenvalue weighted by Gasteiger charge is -2.19. The Labute approximate surface area is 87.7 Å². The van der Waals surface area contributed by atoms with Gasteiger partial charge in [0.25, 0.3) is 0 Å². The minimum atomic E-state index is -1.24. The van der Waals surface area contributed by atoms with E-state index in [9.17, 15) is 9.59 Å². The summed E-state index contributed by atoms with van der Waals surface area (Å²) in [5.41, 5.74) is 0. The van der Waals surface area contributed by atoms with E-state index >= 15 is 0 Å². The normalized spacial score (nSPS) is 24.5. The van der Waals surface area contributed by atoms with Crippen molar-refractivity contribution in [2.24, 2.45) is 0 Å². The molecule has 4 N–H and O–H groups in total. The molecular weight excluding hydrogens is 200 g/mol. The van der Waals surface area contributed by atoms with Crippen LogP contribution in [0.3, 0.4) is 0 Å². The molecule has 0 aliphatic carbocycles. The van der Waals surface area contributed by atoms with E-state index in [0.717, 1.165) is 13.0 Å². The first-order chi connectivity index (χ1) is 7.02. The molecular formula is C9H16N2O4. The number of hydrogen-bond donors (Lipinski definition) is 4. The van der Waals surface area contributed by atoms with Crippen molar-refractivity contribution in [3.05, 3.63) is 0 Å². The maximum absolute atomic E-state index is 11.5. The number of carbonyl (C=O) groups is 2. The van der Waals surface area contributed by atoms with Crippen LogP contribution in [0.25, 0.3) is 0 Å². The van der Waals surface area contributed by atoms with Gasteiger partial charge in [-0.3, -0.25) is 4.79 Å². The zero-order valence-electron chi connectivity index (χ0n) is 8.56. The van der Waals surface area contributed by atoms with Gasteiger partial charge >= 0.3 is 5.97 Å². The molecule has 1 saturated heterocycles. The predicted molar refractivity (Wildman–Crippen MR) is 52.3 cm³/mol. The molecule has 86 valence electrons. The van der Waals surface area contributed by atoms with Crippen LogP contribution in [0.4, 0.5) is 0 Å². The van der Waals surface area contributed by atoms with Crippen LogP contribution in [-0.4, -0.2) is 46.8 Å². The van der Waals surface area contributed by atoms with E-state index < -0.39 is 18.1 Å². The Morgan fingerprint density at radius 3 is 2.60 bits per heavy atom. The van der Waals surface area contributed by atoms with Gasteiger partial charge in [-0.1, -0.05) is 0 Å². The van der Waals surface area contributed by atoms with Crippen molar-refractivity contribution in [3.8, 4) is 0 Å². The van der Waals surface area contributed by atoms with Crippen LogP contribution < -0.4 is 10.6 Å². The Hall–Kier alpha value is -1.14. The number of nitrogens with one attached hydrogen (secondary N) is 2. The smallest absolute Gasteiger partial charge is 0.328 e. The third-order valence-electron chi connectivity index (χ3n) is 2.42. The highest BCUT2D eigenvalue weighted by Gasteiger charge is 2.29. The quantitative estimate of drug-likeness (QED) is 0.467. The maximum atomic E-state index is 11.5. The third-order valence-corrected chi connectivity index (χ3v) is 2.42. The Kier molecular flexibility index (Phi) is 4.05. The lowest BCUT2D eigenvalue weighted by atomic mass is 10.1. The van der Waals surface area contributed by atoms with E-state index in [-0.39, 0.29) is 11.9 Å². The van der Waals surface area contributed by atoms with Crippen LogP contribution in [0.15, 0.2) is 0 Å². The van der Waals surface area contributed by atoms with Crippen LogP contribution in [0.5, 0.6) is 0 Å². The summed E-state index contributed by atoms with van der Waals surface area (Å²) in [5.74, 6) is -1.59. The molecule has 1 amide bonds. The SMILES string of the molecule is C[C@@H](O)[C@H](NC(=O)[C@H]1CCCN1)C(=O)O. The molecule has 0 aromatic heterocycles. The van der Waals surface area contributed by atoms with E-state index in [2.05, 4.69) is 10.6 Å². The molecule has 0 aromatic carbocycles. The van der Waals surface area contributed by atoms with Gasteiger partial charge in [0.15, 0.2) is 6.04 Å². The van der Waals surface area contributed by atoms with Crippen LogP contribution in [-0.2, 0) is 9.59 Å². The molecule has 1 heterocycles. The van der Waals surface area contributed by atoms with Crippen molar-refractivity contribution in [2.45, 2.75) is 38.0 Å². The topological polar surface area (TPSA) is 98.7 Å². The maximum Gasteiger partial charge on any atom is 0.328 e. The Morgan fingerprint density at radius 1 is 1.53 bits per heavy atom. The third kappa shape index (κ3) is 3.17. The van der Waals surface area contributed by atoms with Crippen LogP contribution in [0, 0.1) is 0 Å². The molecule has 6 heteroatoms. The Morgan fingerprint density at radius 2 is 2.20 bits per heavy atom. The lowest BCUT2D eigenvalue weighted by Crippen LogP contribution is -2.52. The molecule has 15 heavy (non-hydrogen) atoms. The zero-order valence-corrected chi connectivity index (χ0v) is 8.56. The Bertz CT molecular complexity index is 248. The van der Waals surface area contributed by atoms with Gasteiger partial charge in [-0.25, -0.2) is 4.79 Å². The molecule has 0 aromatic rings. The highest BCUT2D eigenvalue weighted by Crippen LogP contribution is 2.05. The van der Waals surface area contributed by atoms with Gasteiger partial charge in [0, 0.05) is 0 Å². The van der Waals surface area contributed by atoms with Crippen LogP contribution in [0.1, 0.15) is 19.8 Å². The summed E-state index contributed by atoms with van der Waals surface area (Å²) in [7, 11) is 0. The van der Waals surface area contributed by atoms with Gasteiger partial charge in [0.1, 0.15) is 0 Å². The summed E-state index contributed by atoms with van der Waals surface area (Å²) in [6.45, 7) is 2.10. The first-order valence-corrected chi connectivity index (χ1v) is 4.97. The molecule has 0 radical (unpaired) electrons. The van der Waals surface area contributed by atoms with Crippen LogP contribution >= 0.6 is 0 Å². The minimum absolute atomic E-state index is 0.328. The minimum Gasteiger partial charge on any atom is -0.480 e. The fraction of sp³-hybridized carbons (Fsp3) is 0.778. The number of rotatable bonds is 4. The molecule has 1 aliphatic heterocycles. The van der Waals surface area contributed by atoms with Crippen LogP contribution in [0.2, 0.25) is 0 Å². The number of hydrogen-bond acceptors (Lipinski definition) is 4. The number of carbonyl (C=O) groups excluding carboxylic acids is 1. The van der Waals surface area contributed by atoms with Gasteiger partial charge in [0.2, 0.25) is 5.91 Å². The van der Waals surface area contributed by atoms with Crippen molar-refractivity contribution in [3.63, 3.8) is 0 Å². The molecule has 1 aliphatic rings. The molecule has 1 fully saturated rings. The largest absolute Gasteiger partial charge is 0.480 e. The van der Waals surface area contributed by atoms with Gasteiger partial charge in [-0.2, -0.15) is 0 Å². The van der Waals surface area contributed by atoms with E-state index in [1.165, 1.54) is 6.92 Å². The van der Waals surface area contributed by atoms with Gasteiger partial charge < -0.3 is 20.8 Å². The zero-order chi connectivity index (χ0) is 11.4. The van der Waals surface area contributed by atoms with Gasteiger partial charge in [-0.15, -0.1) is 0 Å². The van der Waals surface area contributed by atoms with Crippen molar-refractivity contribution >= 4 is 11.9 Å². The number of aliphatic hydroxyl groups excluding tert-OH is 1. The molecule has 6 nitrogen and oxygen atoms in total. The Balaban J connectivity index is 2.50. The molecule has 1 rings (SSSR count). The molecule has 0 saturated carbocycles. The molecule has 0 spiro atoms. The summed E-state index contributed by atoms with van der Waals surface area (Å²) in [4.78, 5) is 22.2. The van der Waals surface area contributed by atoms with Gasteiger partial charge in [0.05, 0.1) is 12.1 Å². The highest BCUT2D eigenvalue weighted by atomic mass is 16.4. The summed E-state index contributed by atoms with van der Waals surface area (Å²) in [5, 5.41) is 23.2. The second kappa shape index (κ2) is 5.09. The first-order valence-electron chi connectivity index (χ1n) is 4.97. The fourth-order valence-electron chi connectivity index (χ4n) is 1.55. The number of aliphatic carboxylic acids is 1. The first kappa shape index (κ1) is 11.9. The standard InChI is InChI=1S/C9H16N2O4/c1-5(12)7(9(14)15)11-8(13)6-3-2-4-10-6/h5-7,10,12H,2-4H2,1H3,(H,11,13)(H,14,15)/t5-,6-,7+/m1/s1. The fourth-order valence-corrected chi connectivity index (χ4v) is 1.55. The number of amides is 1.